The number of nitrogens with two attached hydrogens (primary N) is 1. The van der Waals surface area contributed by atoms with Crippen LogP contribution >= 0.6 is 0 Å². The van der Waals surface area contributed by atoms with Gasteiger partial charge in [-0.2, -0.15) is 0 Å². The molecule has 1 saturated heterocycles. The third kappa shape index (κ3) is 2.81. The number of nitrogens with zero attached hydrogens (tertiary/aromatic N) is 2. The first kappa shape index (κ1) is 15.3. The van der Waals surface area contributed by atoms with Gasteiger partial charge in [0.15, 0.2) is 0 Å². The molecular formula is C14H24BN3O2. The SMILES string of the molecule is CC(C)Cc1nc(N)ncc1B1OC(C)(C)C(C)(C)O1. The van der Waals surface area contributed by atoms with Crippen LogP contribution in [0.3, 0.4) is 0 Å². The maximum absolute atomic E-state index is 6.07. The molecule has 6 heteroatoms. The van der Waals surface area contributed by atoms with Gasteiger partial charge in [0.2, 0.25) is 5.95 Å². The lowest BCUT2D eigenvalue weighted by Crippen LogP contribution is -2.41. The van der Waals surface area contributed by atoms with Crippen molar-refractivity contribution in [2.45, 2.75) is 59.2 Å². The highest BCUT2D eigenvalue weighted by atomic mass is 16.7. The molecule has 1 aliphatic heterocycles. The molecule has 2 heterocycles. The molecule has 110 valence electrons. The van der Waals surface area contributed by atoms with E-state index in [1.54, 1.807) is 6.20 Å². The van der Waals surface area contributed by atoms with Crippen LogP contribution in [-0.2, 0) is 15.7 Å². The van der Waals surface area contributed by atoms with Gasteiger partial charge in [-0.25, -0.2) is 9.97 Å². The van der Waals surface area contributed by atoms with Crippen molar-refractivity contribution in [2.24, 2.45) is 5.92 Å². The minimum atomic E-state index is -0.436. The molecule has 1 fully saturated rings. The Hall–Kier alpha value is -1.14. The fraction of sp³-hybridized carbons (Fsp3) is 0.714. The van der Waals surface area contributed by atoms with E-state index in [0.717, 1.165) is 17.6 Å². The van der Waals surface area contributed by atoms with Crippen LogP contribution in [0.25, 0.3) is 0 Å². The summed E-state index contributed by atoms with van der Waals surface area (Å²) in [5.41, 5.74) is 6.76. The van der Waals surface area contributed by atoms with E-state index in [2.05, 4.69) is 23.8 Å². The smallest absolute Gasteiger partial charge is 0.399 e. The number of rotatable bonds is 3. The quantitative estimate of drug-likeness (QED) is 0.849. The minimum Gasteiger partial charge on any atom is -0.399 e. The van der Waals surface area contributed by atoms with Crippen molar-refractivity contribution in [1.82, 2.24) is 9.97 Å². The topological polar surface area (TPSA) is 70.3 Å². The molecule has 1 aliphatic rings. The van der Waals surface area contributed by atoms with Gasteiger partial charge < -0.3 is 15.0 Å². The Kier molecular flexibility index (Phi) is 3.82. The molecule has 0 bridgehead atoms. The average molecular weight is 277 g/mol. The highest BCUT2D eigenvalue weighted by molar-refractivity contribution is 6.62. The minimum absolute atomic E-state index is 0.293. The lowest BCUT2D eigenvalue weighted by atomic mass is 9.77. The number of hydrogen-bond acceptors (Lipinski definition) is 5. The van der Waals surface area contributed by atoms with Crippen LogP contribution < -0.4 is 11.2 Å². The first-order valence-corrected chi connectivity index (χ1v) is 7.09. The van der Waals surface area contributed by atoms with Crippen molar-refractivity contribution in [3.05, 3.63) is 11.9 Å². The Labute approximate surface area is 121 Å². The number of nitrogen functional groups attached to an aromatic ring is 1. The molecule has 1 aromatic rings. The summed E-state index contributed by atoms with van der Waals surface area (Å²) in [5.74, 6) is 0.770. The Morgan fingerprint density at radius 2 is 1.75 bits per heavy atom. The summed E-state index contributed by atoms with van der Waals surface area (Å²) < 4.78 is 12.1. The first-order valence-electron chi connectivity index (χ1n) is 7.09. The normalized spacial score (nSPS) is 20.6. The van der Waals surface area contributed by atoms with Crippen LogP contribution in [0.4, 0.5) is 5.95 Å². The fourth-order valence-corrected chi connectivity index (χ4v) is 2.16. The highest BCUT2D eigenvalue weighted by Gasteiger charge is 2.52. The van der Waals surface area contributed by atoms with Gasteiger partial charge in [-0.3, -0.25) is 0 Å². The molecule has 2 rings (SSSR count). The van der Waals surface area contributed by atoms with Gasteiger partial charge in [-0.1, -0.05) is 13.8 Å². The van der Waals surface area contributed by atoms with Crippen molar-refractivity contribution >= 4 is 18.5 Å². The largest absolute Gasteiger partial charge is 0.498 e. The molecule has 20 heavy (non-hydrogen) atoms. The zero-order chi connectivity index (χ0) is 15.1. The summed E-state index contributed by atoms with van der Waals surface area (Å²) >= 11 is 0. The Bertz CT molecular complexity index is 487. The molecule has 1 aromatic heterocycles. The van der Waals surface area contributed by atoms with Gasteiger partial charge in [0.25, 0.3) is 0 Å². The van der Waals surface area contributed by atoms with Gasteiger partial charge in [-0.05, 0) is 40.0 Å². The van der Waals surface area contributed by atoms with Gasteiger partial charge in [0, 0.05) is 17.4 Å². The standard InChI is InChI=1S/C14H24BN3O2/c1-9(2)7-11-10(8-17-12(16)18-11)15-19-13(3,4)14(5,6)20-15/h8-9H,7H2,1-6H3,(H2,16,17,18). The molecule has 0 aromatic carbocycles. The summed E-state index contributed by atoms with van der Waals surface area (Å²) in [5, 5.41) is 0. The van der Waals surface area contributed by atoms with Crippen molar-refractivity contribution in [3.63, 3.8) is 0 Å². The monoisotopic (exact) mass is 277 g/mol. The molecule has 5 nitrogen and oxygen atoms in total. The molecule has 0 radical (unpaired) electrons. The number of anilines is 1. The predicted octanol–water partition coefficient (Wildman–Crippen LogP) is 1.56. The van der Waals surface area contributed by atoms with Crippen molar-refractivity contribution < 1.29 is 9.31 Å². The lowest BCUT2D eigenvalue weighted by Gasteiger charge is -2.32. The second-order valence-corrected chi connectivity index (χ2v) is 6.82. The van der Waals surface area contributed by atoms with Crippen LogP contribution in [0.5, 0.6) is 0 Å². The van der Waals surface area contributed by atoms with Gasteiger partial charge in [-0.15, -0.1) is 0 Å². The fourth-order valence-electron chi connectivity index (χ4n) is 2.16. The van der Waals surface area contributed by atoms with Crippen LogP contribution in [0.15, 0.2) is 6.20 Å². The Balaban J connectivity index is 2.34. The lowest BCUT2D eigenvalue weighted by molar-refractivity contribution is 0.00578. The molecular weight excluding hydrogens is 253 g/mol. The van der Waals surface area contributed by atoms with E-state index >= 15 is 0 Å². The maximum Gasteiger partial charge on any atom is 0.498 e. The van der Waals surface area contributed by atoms with Gasteiger partial charge in [0.1, 0.15) is 0 Å². The second-order valence-electron chi connectivity index (χ2n) is 6.82. The van der Waals surface area contributed by atoms with E-state index < -0.39 is 7.12 Å². The van der Waals surface area contributed by atoms with E-state index in [1.165, 1.54) is 0 Å². The summed E-state index contributed by atoms with van der Waals surface area (Å²) in [7, 11) is -0.436. The Morgan fingerprint density at radius 3 is 2.25 bits per heavy atom. The molecule has 0 spiro atoms. The molecule has 0 aliphatic carbocycles. The van der Waals surface area contributed by atoms with E-state index in [-0.39, 0.29) is 11.2 Å². The third-order valence-corrected chi connectivity index (χ3v) is 4.03. The van der Waals surface area contributed by atoms with E-state index in [9.17, 15) is 0 Å². The Morgan fingerprint density at radius 1 is 1.20 bits per heavy atom. The summed E-state index contributed by atoms with van der Waals surface area (Å²) in [6, 6.07) is 0. The van der Waals surface area contributed by atoms with Crippen LogP contribution in [-0.4, -0.2) is 28.3 Å². The van der Waals surface area contributed by atoms with Crippen molar-refractivity contribution in [1.29, 1.82) is 0 Å². The number of aromatic nitrogens is 2. The van der Waals surface area contributed by atoms with Gasteiger partial charge in [0.05, 0.1) is 11.2 Å². The second kappa shape index (κ2) is 5.00. The molecule has 0 amide bonds. The predicted molar refractivity (Wildman–Crippen MR) is 80.7 cm³/mol. The highest BCUT2D eigenvalue weighted by Crippen LogP contribution is 2.36. The van der Waals surface area contributed by atoms with Crippen LogP contribution in [0.2, 0.25) is 0 Å². The van der Waals surface area contributed by atoms with Crippen LogP contribution in [0.1, 0.15) is 47.2 Å². The molecule has 0 unspecified atom stereocenters. The van der Waals surface area contributed by atoms with E-state index in [4.69, 9.17) is 15.0 Å². The van der Waals surface area contributed by atoms with E-state index in [1.807, 2.05) is 27.7 Å². The summed E-state index contributed by atoms with van der Waals surface area (Å²) in [6.07, 6.45) is 2.55. The molecule has 2 N–H and O–H groups in total. The molecule has 0 atom stereocenters. The molecule has 0 saturated carbocycles. The van der Waals surface area contributed by atoms with Crippen LogP contribution in [0, 0.1) is 5.92 Å². The van der Waals surface area contributed by atoms with Crippen molar-refractivity contribution in [2.75, 3.05) is 5.73 Å². The first-order chi connectivity index (χ1) is 9.12. The maximum atomic E-state index is 6.07. The third-order valence-electron chi connectivity index (χ3n) is 4.03. The summed E-state index contributed by atoms with van der Waals surface area (Å²) in [6.45, 7) is 12.4. The zero-order valence-electron chi connectivity index (χ0n) is 13.2. The van der Waals surface area contributed by atoms with E-state index in [0.29, 0.717) is 11.9 Å². The average Bonchev–Trinajstić information content (AvgIpc) is 2.46. The summed E-state index contributed by atoms with van der Waals surface area (Å²) in [4.78, 5) is 8.45. The zero-order valence-corrected chi connectivity index (χ0v) is 13.2. The number of hydrogen-bond donors (Lipinski definition) is 1. The van der Waals surface area contributed by atoms with Gasteiger partial charge >= 0.3 is 7.12 Å². The van der Waals surface area contributed by atoms with Crippen molar-refractivity contribution in [3.8, 4) is 0 Å².